The number of benzene rings is 1. The van der Waals surface area contributed by atoms with Crippen LogP contribution >= 0.6 is 11.6 Å². The third-order valence-corrected chi connectivity index (χ3v) is 3.51. The minimum Gasteiger partial charge on any atom is -0.496 e. The van der Waals surface area contributed by atoms with Crippen molar-refractivity contribution in [1.29, 1.82) is 0 Å². The van der Waals surface area contributed by atoms with Gasteiger partial charge in [-0.15, -0.1) is 0 Å². The zero-order chi connectivity index (χ0) is 15.4. The summed E-state index contributed by atoms with van der Waals surface area (Å²) in [5.74, 6) is -0.885. The summed E-state index contributed by atoms with van der Waals surface area (Å²) < 4.78 is 10.4. The smallest absolute Gasteiger partial charge is 0.332 e. The molecule has 21 heavy (non-hydrogen) atoms. The Bertz CT molecular complexity index is 548. The first-order valence-corrected chi connectivity index (χ1v) is 6.89. The van der Waals surface area contributed by atoms with Gasteiger partial charge in [-0.2, -0.15) is 0 Å². The number of amides is 1. The van der Waals surface area contributed by atoms with Crippen LogP contribution in [0, 0.1) is 0 Å². The third-order valence-electron chi connectivity index (χ3n) is 3.28. The fourth-order valence-corrected chi connectivity index (χ4v) is 2.37. The molecular weight excluding hydrogens is 298 g/mol. The van der Waals surface area contributed by atoms with Gasteiger partial charge in [0.1, 0.15) is 5.75 Å². The molecule has 0 spiro atoms. The number of carbonyl (C=O) groups is 2. The Balaban J connectivity index is 1.94. The van der Waals surface area contributed by atoms with Crippen molar-refractivity contribution in [3.05, 3.63) is 28.8 Å². The molecule has 2 rings (SSSR count). The van der Waals surface area contributed by atoms with E-state index >= 15 is 0 Å². The molecule has 1 heterocycles. The molecule has 1 aliphatic rings. The predicted octanol–water partition coefficient (Wildman–Crippen LogP) is 1.71. The summed E-state index contributed by atoms with van der Waals surface area (Å²) in [6, 6.07) is 4.77. The largest absolute Gasteiger partial charge is 0.496 e. The normalized spacial score (nSPS) is 21.0. The lowest BCUT2D eigenvalue weighted by Gasteiger charge is -2.13. The summed E-state index contributed by atoms with van der Waals surface area (Å²) in [6.45, 7) is 0.248. The van der Waals surface area contributed by atoms with E-state index in [1.165, 1.54) is 13.2 Å². The summed E-state index contributed by atoms with van der Waals surface area (Å²) >= 11 is 5.87. The van der Waals surface area contributed by atoms with E-state index in [2.05, 4.69) is 5.32 Å². The Morgan fingerprint density at radius 3 is 2.86 bits per heavy atom. The van der Waals surface area contributed by atoms with Gasteiger partial charge in [0.05, 0.1) is 18.8 Å². The monoisotopic (exact) mass is 313 g/mol. The van der Waals surface area contributed by atoms with Gasteiger partial charge in [0.15, 0.2) is 6.10 Å². The number of carboxylic acid groups (broad SMARTS) is 1. The van der Waals surface area contributed by atoms with E-state index in [-0.39, 0.29) is 18.6 Å². The molecule has 2 N–H and O–H groups in total. The molecular formula is C14H16ClNO5. The van der Waals surface area contributed by atoms with Crippen LogP contribution in [0.3, 0.4) is 0 Å². The van der Waals surface area contributed by atoms with Crippen LogP contribution in [-0.2, 0) is 9.53 Å². The van der Waals surface area contributed by atoms with Crippen molar-refractivity contribution in [3.63, 3.8) is 0 Å². The molecule has 0 bridgehead atoms. The summed E-state index contributed by atoms with van der Waals surface area (Å²) in [5, 5.41) is 12.0. The van der Waals surface area contributed by atoms with Crippen molar-refractivity contribution in [2.24, 2.45) is 0 Å². The zero-order valence-electron chi connectivity index (χ0n) is 11.5. The van der Waals surface area contributed by atoms with E-state index in [0.717, 1.165) is 0 Å². The van der Waals surface area contributed by atoms with Crippen LogP contribution in [0.1, 0.15) is 23.2 Å². The molecule has 1 saturated heterocycles. The number of carbonyl (C=O) groups excluding carboxylic acids is 1. The highest BCUT2D eigenvalue weighted by molar-refractivity contribution is 6.31. The number of ether oxygens (including phenoxy) is 2. The fraction of sp³-hybridized carbons (Fsp3) is 0.429. The molecule has 0 radical (unpaired) electrons. The Hall–Kier alpha value is -1.79. The van der Waals surface area contributed by atoms with E-state index in [1.807, 2.05) is 0 Å². The number of aliphatic carboxylic acids is 1. The second kappa shape index (κ2) is 6.78. The highest BCUT2D eigenvalue weighted by atomic mass is 35.5. The molecule has 1 aromatic carbocycles. The Kier molecular flexibility index (Phi) is 5.03. The number of halogens is 1. The van der Waals surface area contributed by atoms with Crippen LogP contribution in [0.4, 0.5) is 0 Å². The molecule has 0 saturated carbocycles. The average molecular weight is 314 g/mol. The van der Waals surface area contributed by atoms with Gasteiger partial charge in [0.2, 0.25) is 0 Å². The summed E-state index contributed by atoms with van der Waals surface area (Å²) in [6.07, 6.45) is -0.0202. The summed E-state index contributed by atoms with van der Waals surface area (Å²) in [4.78, 5) is 22.9. The maximum Gasteiger partial charge on any atom is 0.332 e. The summed E-state index contributed by atoms with van der Waals surface area (Å²) in [7, 11) is 1.47. The first kappa shape index (κ1) is 15.6. The van der Waals surface area contributed by atoms with Crippen LogP contribution in [0.25, 0.3) is 0 Å². The van der Waals surface area contributed by atoms with E-state index in [9.17, 15) is 9.59 Å². The lowest BCUT2D eigenvalue weighted by Crippen LogP contribution is -2.33. The van der Waals surface area contributed by atoms with E-state index in [4.69, 9.17) is 26.2 Å². The number of rotatable bonds is 5. The lowest BCUT2D eigenvalue weighted by molar-refractivity contribution is -0.149. The number of nitrogens with one attached hydrogen (secondary N) is 1. The number of carboxylic acids is 1. The van der Waals surface area contributed by atoms with Gasteiger partial charge >= 0.3 is 5.97 Å². The highest BCUT2D eigenvalue weighted by Crippen LogP contribution is 2.23. The van der Waals surface area contributed by atoms with Crippen LogP contribution < -0.4 is 10.1 Å². The third kappa shape index (κ3) is 3.86. The Labute approximate surface area is 127 Å². The van der Waals surface area contributed by atoms with Crippen molar-refractivity contribution >= 4 is 23.5 Å². The molecule has 0 aromatic heterocycles. The molecule has 2 atom stereocenters. The van der Waals surface area contributed by atoms with Crippen LogP contribution in [0.15, 0.2) is 18.2 Å². The second-order valence-corrected chi connectivity index (χ2v) is 5.15. The standard InChI is InChI=1S/C14H16ClNO5/c1-20-11-4-2-8(15)6-10(11)13(17)16-7-9-3-5-12(21-9)14(18)19/h2,4,6,9,12H,3,5,7H2,1H3,(H,16,17)(H,18,19). The van der Waals surface area contributed by atoms with Crippen LogP contribution in [0.2, 0.25) is 5.02 Å². The van der Waals surface area contributed by atoms with Crippen LogP contribution in [0.5, 0.6) is 5.75 Å². The lowest BCUT2D eigenvalue weighted by atomic mass is 10.1. The van der Waals surface area contributed by atoms with Gasteiger partial charge in [-0.05, 0) is 31.0 Å². The predicted molar refractivity (Wildman–Crippen MR) is 75.9 cm³/mol. The number of hydrogen-bond donors (Lipinski definition) is 2. The first-order valence-electron chi connectivity index (χ1n) is 6.51. The zero-order valence-corrected chi connectivity index (χ0v) is 12.2. The van der Waals surface area contributed by atoms with Crippen molar-refractivity contribution in [3.8, 4) is 5.75 Å². The molecule has 0 aliphatic carbocycles. The Morgan fingerprint density at radius 1 is 1.48 bits per heavy atom. The minimum atomic E-state index is -0.972. The summed E-state index contributed by atoms with van der Waals surface area (Å²) in [5.41, 5.74) is 0.331. The number of methoxy groups -OCH3 is 1. The minimum absolute atomic E-state index is 0.248. The fourth-order valence-electron chi connectivity index (χ4n) is 2.20. The van der Waals surface area contributed by atoms with Crippen LogP contribution in [-0.4, -0.2) is 42.8 Å². The molecule has 7 heteroatoms. The van der Waals surface area contributed by atoms with Crippen molar-refractivity contribution in [1.82, 2.24) is 5.32 Å². The molecule has 1 aliphatic heterocycles. The number of hydrogen-bond acceptors (Lipinski definition) is 4. The SMILES string of the molecule is COc1ccc(Cl)cc1C(=O)NCC1CCC(C(=O)O)O1. The van der Waals surface area contributed by atoms with Gasteiger partial charge in [0, 0.05) is 11.6 Å². The van der Waals surface area contributed by atoms with Crippen molar-refractivity contribution in [2.75, 3.05) is 13.7 Å². The molecule has 6 nitrogen and oxygen atoms in total. The maximum atomic E-state index is 12.1. The highest BCUT2D eigenvalue weighted by Gasteiger charge is 2.30. The molecule has 114 valence electrons. The molecule has 2 unspecified atom stereocenters. The van der Waals surface area contributed by atoms with E-state index in [1.54, 1.807) is 12.1 Å². The Morgan fingerprint density at radius 2 is 2.24 bits per heavy atom. The van der Waals surface area contributed by atoms with Gasteiger partial charge < -0.3 is 19.9 Å². The van der Waals surface area contributed by atoms with E-state index in [0.29, 0.717) is 29.2 Å². The van der Waals surface area contributed by atoms with Crippen molar-refractivity contribution < 1.29 is 24.2 Å². The molecule has 1 fully saturated rings. The average Bonchev–Trinajstić information content (AvgIpc) is 2.94. The van der Waals surface area contributed by atoms with Gasteiger partial charge in [0.25, 0.3) is 5.91 Å². The molecule has 1 aromatic rings. The maximum absolute atomic E-state index is 12.1. The van der Waals surface area contributed by atoms with E-state index < -0.39 is 12.1 Å². The second-order valence-electron chi connectivity index (χ2n) is 4.72. The van der Waals surface area contributed by atoms with Crippen molar-refractivity contribution in [2.45, 2.75) is 25.0 Å². The van der Waals surface area contributed by atoms with Gasteiger partial charge in [-0.1, -0.05) is 11.6 Å². The first-order chi connectivity index (χ1) is 10.0. The topological polar surface area (TPSA) is 84.9 Å². The molecule has 1 amide bonds. The van der Waals surface area contributed by atoms with Gasteiger partial charge in [-0.3, -0.25) is 4.79 Å². The quantitative estimate of drug-likeness (QED) is 0.864. The van der Waals surface area contributed by atoms with Gasteiger partial charge in [-0.25, -0.2) is 4.79 Å².